The Bertz CT molecular complexity index is 330. The molecule has 3 aliphatic rings. The van der Waals surface area contributed by atoms with E-state index < -0.39 is 0 Å². The highest BCUT2D eigenvalue weighted by Crippen LogP contribution is 2.32. The second kappa shape index (κ2) is 6.46. The number of nitrogens with one attached hydrogen (secondary N) is 1. The third-order valence-corrected chi connectivity index (χ3v) is 5.76. The molecule has 2 heterocycles. The smallest absolute Gasteiger partial charge is 0.225 e. The second-order valence-electron chi connectivity index (χ2n) is 7.25. The van der Waals surface area contributed by atoms with E-state index in [4.69, 9.17) is 0 Å². The van der Waals surface area contributed by atoms with E-state index in [2.05, 4.69) is 17.1 Å². The van der Waals surface area contributed by atoms with Crippen LogP contribution in [-0.4, -0.2) is 36.0 Å². The van der Waals surface area contributed by atoms with Crippen molar-refractivity contribution in [2.24, 2.45) is 11.8 Å². The highest BCUT2D eigenvalue weighted by atomic mass is 16.2. The van der Waals surface area contributed by atoms with Gasteiger partial charge in [-0.1, -0.05) is 6.92 Å². The molecule has 3 fully saturated rings. The summed E-state index contributed by atoms with van der Waals surface area (Å²) in [5, 5.41) is 3.63. The van der Waals surface area contributed by atoms with Gasteiger partial charge in [0, 0.05) is 24.5 Å². The molecule has 1 N–H and O–H groups in total. The fourth-order valence-corrected chi connectivity index (χ4v) is 4.43. The minimum atomic E-state index is 0.327. The molecule has 20 heavy (non-hydrogen) atoms. The average molecular weight is 278 g/mol. The van der Waals surface area contributed by atoms with Gasteiger partial charge in [0.2, 0.25) is 5.91 Å². The SMILES string of the molecule is CC1CCC(C(=O)N2CCCCC2C2CCCN2)CC1. The Morgan fingerprint density at radius 2 is 1.80 bits per heavy atom. The van der Waals surface area contributed by atoms with Gasteiger partial charge in [0.1, 0.15) is 0 Å². The molecular weight excluding hydrogens is 248 g/mol. The van der Waals surface area contributed by atoms with E-state index in [0.717, 1.165) is 31.8 Å². The maximum atomic E-state index is 12.9. The molecule has 0 aromatic carbocycles. The van der Waals surface area contributed by atoms with Gasteiger partial charge in [0.15, 0.2) is 0 Å². The van der Waals surface area contributed by atoms with Gasteiger partial charge in [-0.15, -0.1) is 0 Å². The predicted octanol–water partition coefficient (Wildman–Crippen LogP) is 2.95. The van der Waals surface area contributed by atoms with Crippen LogP contribution in [0.1, 0.15) is 64.7 Å². The van der Waals surface area contributed by atoms with Crippen LogP contribution in [0.3, 0.4) is 0 Å². The Labute approximate surface area is 123 Å². The zero-order valence-corrected chi connectivity index (χ0v) is 12.9. The molecule has 0 spiro atoms. The molecule has 0 radical (unpaired) electrons. The molecule has 1 saturated carbocycles. The van der Waals surface area contributed by atoms with E-state index in [1.165, 1.54) is 44.9 Å². The first-order valence-corrected chi connectivity index (χ1v) is 8.79. The van der Waals surface area contributed by atoms with Crippen molar-refractivity contribution in [3.8, 4) is 0 Å². The van der Waals surface area contributed by atoms with Crippen LogP contribution in [0.25, 0.3) is 0 Å². The quantitative estimate of drug-likeness (QED) is 0.842. The van der Waals surface area contributed by atoms with Crippen LogP contribution >= 0.6 is 0 Å². The number of piperidine rings is 1. The molecule has 2 atom stereocenters. The molecule has 2 aliphatic heterocycles. The Kier molecular flexibility index (Phi) is 4.65. The van der Waals surface area contributed by atoms with Crippen molar-refractivity contribution in [1.82, 2.24) is 10.2 Å². The maximum Gasteiger partial charge on any atom is 0.225 e. The number of hydrogen-bond donors (Lipinski definition) is 1. The Balaban J connectivity index is 1.64. The molecule has 2 saturated heterocycles. The summed E-state index contributed by atoms with van der Waals surface area (Å²) in [7, 11) is 0. The van der Waals surface area contributed by atoms with E-state index in [9.17, 15) is 4.79 Å². The number of carbonyl (C=O) groups excluding carboxylic acids is 1. The summed E-state index contributed by atoms with van der Waals surface area (Å²) in [6, 6.07) is 1.06. The Morgan fingerprint density at radius 3 is 2.50 bits per heavy atom. The van der Waals surface area contributed by atoms with E-state index in [-0.39, 0.29) is 0 Å². The average Bonchev–Trinajstić information content (AvgIpc) is 3.01. The number of hydrogen-bond acceptors (Lipinski definition) is 2. The number of nitrogens with zero attached hydrogens (tertiary/aromatic N) is 1. The van der Waals surface area contributed by atoms with Crippen LogP contribution in [0.4, 0.5) is 0 Å². The molecule has 0 aromatic heterocycles. The summed E-state index contributed by atoms with van der Waals surface area (Å²) in [6.45, 7) is 4.48. The van der Waals surface area contributed by atoms with Crippen molar-refractivity contribution in [3.05, 3.63) is 0 Å². The highest BCUT2D eigenvalue weighted by molar-refractivity contribution is 5.79. The fraction of sp³-hybridized carbons (Fsp3) is 0.941. The van der Waals surface area contributed by atoms with E-state index >= 15 is 0 Å². The van der Waals surface area contributed by atoms with Crippen molar-refractivity contribution in [2.75, 3.05) is 13.1 Å². The lowest BCUT2D eigenvalue weighted by Gasteiger charge is -2.42. The molecule has 0 aromatic rings. The maximum absolute atomic E-state index is 12.9. The van der Waals surface area contributed by atoms with Crippen molar-refractivity contribution >= 4 is 5.91 Å². The fourth-order valence-electron chi connectivity index (χ4n) is 4.43. The van der Waals surface area contributed by atoms with Crippen molar-refractivity contribution < 1.29 is 4.79 Å². The van der Waals surface area contributed by atoms with Gasteiger partial charge in [0.25, 0.3) is 0 Å². The minimum absolute atomic E-state index is 0.327. The first-order valence-electron chi connectivity index (χ1n) is 8.79. The topological polar surface area (TPSA) is 32.3 Å². The molecule has 1 amide bonds. The van der Waals surface area contributed by atoms with Crippen LogP contribution in [0.2, 0.25) is 0 Å². The number of rotatable bonds is 2. The van der Waals surface area contributed by atoms with Gasteiger partial charge in [-0.05, 0) is 70.3 Å². The second-order valence-corrected chi connectivity index (χ2v) is 7.25. The monoisotopic (exact) mass is 278 g/mol. The van der Waals surface area contributed by atoms with E-state index in [1.807, 2.05) is 0 Å². The molecule has 3 nitrogen and oxygen atoms in total. The predicted molar refractivity (Wildman–Crippen MR) is 81.5 cm³/mol. The van der Waals surface area contributed by atoms with Gasteiger partial charge in [-0.2, -0.15) is 0 Å². The van der Waals surface area contributed by atoms with Crippen LogP contribution in [0, 0.1) is 11.8 Å². The van der Waals surface area contributed by atoms with E-state index in [0.29, 0.717) is 23.9 Å². The van der Waals surface area contributed by atoms with Gasteiger partial charge in [0.05, 0.1) is 0 Å². The number of carbonyl (C=O) groups is 1. The van der Waals surface area contributed by atoms with Gasteiger partial charge in [-0.25, -0.2) is 0 Å². The largest absolute Gasteiger partial charge is 0.338 e. The normalized spacial score (nSPS) is 39.0. The first-order chi connectivity index (χ1) is 9.75. The number of amides is 1. The minimum Gasteiger partial charge on any atom is -0.338 e. The molecular formula is C17H30N2O. The Hall–Kier alpha value is -0.570. The summed E-state index contributed by atoms with van der Waals surface area (Å²) in [5.74, 6) is 1.64. The summed E-state index contributed by atoms with van der Waals surface area (Å²) in [4.78, 5) is 15.2. The first kappa shape index (κ1) is 14.4. The van der Waals surface area contributed by atoms with Crippen LogP contribution in [0.15, 0.2) is 0 Å². The third-order valence-electron chi connectivity index (χ3n) is 5.76. The van der Waals surface area contributed by atoms with Crippen LogP contribution in [0.5, 0.6) is 0 Å². The third kappa shape index (κ3) is 3.03. The standard InChI is InChI=1S/C17H30N2O/c1-13-7-9-14(10-8-13)17(20)19-12-3-2-6-16(19)15-5-4-11-18-15/h13-16,18H,2-12H2,1H3. The summed E-state index contributed by atoms with van der Waals surface area (Å²) < 4.78 is 0. The summed E-state index contributed by atoms with van der Waals surface area (Å²) in [5.41, 5.74) is 0. The van der Waals surface area contributed by atoms with E-state index in [1.54, 1.807) is 0 Å². The summed E-state index contributed by atoms with van der Waals surface area (Å²) >= 11 is 0. The van der Waals surface area contributed by atoms with Gasteiger partial charge in [-0.3, -0.25) is 4.79 Å². The van der Waals surface area contributed by atoms with Crippen molar-refractivity contribution in [2.45, 2.75) is 76.8 Å². The lowest BCUT2D eigenvalue weighted by molar-refractivity contribution is -0.141. The molecule has 2 unspecified atom stereocenters. The molecule has 3 heteroatoms. The lowest BCUT2D eigenvalue weighted by Crippen LogP contribution is -2.54. The van der Waals surface area contributed by atoms with Crippen LogP contribution < -0.4 is 5.32 Å². The number of likely N-dealkylation sites (tertiary alicyclic amines) is 1. The van der Waals surface area contributed by atoms with Gasteiger partial charge < -0.3 is 10.2 Å². The highest BCUT2D eigenvalue weighted by Gasteiger charge is 2.37. The summed E-state index contributed by atoms with van der Waals surface area (Å²) in [6.07, 6.45) is 11.0. The van der Waals surface area contributed by atoms with Crippen molar-refractivity contribution in [1.29, 1.82) is 0 Å². The lowest BCUT2D eigenvalue weighted by atomic mass is 9.81. The molecule has 0 bridgehead atoms. The molecule has 1 aliphatic carbocycles. The molecule has 3 rings (SSSR count). The Morgan fingerprint density at radius 1 is 1.00 bits per heavy atom. The molecule has 114 valence electrons. The van der Waals surface area contributed by atoms with Crippen molar-refractivity contribution in [3.63, 3.8) is 0 Å². The zero-order valence-electron chi connectivity index (χ0n) is 12.9. The van der Waals surface area contributed by atoms with Crippen LogP contribution in [-0.2, 0) is 4.79 Å². The zero-order chi connectivity index (χ0) is 13.9. The van der Waals surface area contributed by atoms with Gasteiger partial charge >= 0.3 is 0 Å².